The molecule has 2 nitrogen and oxygen atoms in total. The van der Waals surface area contributed by atoms with Crippen molar-refractivity contribution in [1.29, 1.82) is 0 Å². The number of nitrogens with zero attached hydrogens (tertiary/aromatic N) is 2. The molecule has 2 aromatic rings. The van der Waals surface area contributed by atoms with Crippen molar-refractivity contribution in [1.82, 2.24) is 9.80 Å². The average Bonchev–Trinajstić information content (AvgIpc) is 2.70. The second-order valence-electron chi connectivity index (χ2n) is 5.91. The molecule has 0 atom stereocenters. The molecule has 0 aliphatic carbocycles. The van der Waals surface area contributed by atoms with Crippen molar-refractivity contribution >= 4 is 54.7 Å². The molecule has 0 amide bonds. The van der Waals surface area contributed by atoms with Crippen molar-refractivity contribution in [3.63, 3.8) is 0 Å². The lowest BCUT2D eigenvalue weighted by Crippen LogP contribution is -2.28. The van der Waals surface area contributed by atoms with E-state index in [0.29, 0.717) is 45.9 Å². The molecular weight excluding hydrogens is 434 g/mol. The van der Waals surface area contributed by atoms with Crippen LogP contribution in [0.15, 0.2) is 48.5 Å². The third-order valence-electron chi connectivity index (χ3n) is 4.10. The fraction of sp³-hybridized carbons (Fsp3) is 0.300. The highest BCUT2D eigenvalue weighted by Crippen LogP contribution is 2.30. The first-order chi connectivity index (χ1) is 13.5. The number of benzene rings is 2. The van der Waals surface area contributed by atoms with Crippen LogP contribution in [0.3, 0.4) is 0 Å². The summed E-state index contributed by atoms with van der Waals surface area (Å²) in [7, 11) is 2.75. The Labute approximate surface area is 184 Å². The Morgan fingerprint density at radius 1 is 0.750 bits per heavy atom. The lowest BCUT2D eigenvalue weighted by atomic mass is 10.2. The number of hydrogen-bond acceptors (Lipinski definition) is 4. The molecule has 0 fully saturated rings. The highest BCUT2D eigenvalue weighted by molar-refractivity contribution is 8.89. The molecule has 0 saturated heterocycles. The van der Waals surface area contributed by atoms with Crippen molar-refractivity contribution in [2.24, 2.45) is 0 Å². The summed E-state index contributed by atoms with van der Waals surface area (Å²) in [5.74, 6) is -0.474. The minimum Gasteiger partial charge on any atom is -0.353 e. The van der Waals surface area contributed by atoms with E-state index in [1.54, 1.807) is 24.3 Å². The van der Waals surface area contributed by atoms with Crippen molar-refractivity contribution in [3.8, 4) is 0 Å². The molecule has 2 rings (SSSR count). The topological polar surface area (TPSA) is 6.48 Å². The van der Waals surface area contributed by atoms with Gasteiger partial charge in [-0.1, -0.05) is 60.8 Å². The maximum absolute atomic E-state index is 13.9. The fourth-order valence-electron chi connectivity index (χ4n) is 2.45. The lowest BCUT2D eigenvalue weighted by molar-refractivity contribution is 0.437. The number of thiocarbonyl (C=S) groups is 2. The van der Waals surface area contributed by atoms with Gasteiger partial charge >= 0.3 is 0 Å². The van der Waals surface area contributed by atoms with Crippen LogP contribution in [0.2, 0.25) is 0 Å². The molecule has 0 aromatic heterocycles. The van der Waals surface area contributed by atoms with Crippen LogP contribution in [0.25, 0.3) is 0 Å². The Kier molecular flexibility index (Phi) is 9.64. The van der Waals surface area contributed by atoms with Crippen LogP contribution in [0.4, 0.5) is 8.78 Å². The van der Waals surface area contributed by atoms with Gasteiger partial charge in [0.2, 0.25) is 0 Å². The maximum Gasteiger partial charge on any atom is 0.147 e. The van der Waals surface area contributed by atoms with Gasteiger partial charge in [0.15, 0.2) is 0 Å². The highest BCUT2D eigenvalue weighted by Gasteiger charge is 2.16. The Morgan fingerprint density at radius 3 is 1.43 bits per heavy atom. The number of rotatable bonds is 6. The van der Waals surface area contributed by atoms with Gasteiger partial charge in [-0.3, -0.25) is 0 Å². The Balaban J connectivity index is 1.92. The van der Waals surface area contributed by atoms with E-state index >= 15 is 0 Å². The van der Waals surface area contributed by atoms with Crippen molar-refractivity contribution < 1.29 is 8.78 Å². The predicted octanol–water partition coefficient (Wildman–Crippen LogP) is 6.26. The highest BCUT2D eigenvalue weighted by atomic mass is 33.1. The van der Waals surface area contributed by atoms with E-state index in [9.17, 15) is 8.78 Å². The third-order valence-corrected chi connectivity index (χ3v) is 7.83. The molecule has 150 valence electrons. The van der Waals surface area contributed by atoms with E-state index in [4.69, 9.17) is 24.4 Å². The van der Waals surface area contributed by atoms with Gasteiger partial charge < -0.3 is 9.80 Å². The van der Waals surface area contributed by atoms with Gasteiger partial charge in [-0.05, 0) is 47.6 Å². The Bertz CT molecular complexity index is 749. The molecular formula is C20H22F2N2S4. The molecule has 28 heavy (non-hydrogen) atoms. The Morgan fingerprint density at radius 2 is 1.11 bits per heavy atom. The zero-order valence-corrected chi connectivity index (χ0v) is 19.0. The zero-order valence-electron chi connectivity index (χ0n) is 15.7. The smallest absolute Gasteiger partial charge is 0.147 e. The van der Waals surface area contributed by atoms with Gasteiger partial charge in [0.05, 0.1) is 0 Å². The second kappa shape index (κ2) is 11.7. The van der Waals surface area contributed by atoms with Crippen LogP contribution in [0.5, 0.6) is 0 Å². The summed E-state index contributed by atoms with van der Waals surface area (Å²) in [6, 6.07) is 13.4. The first kappa shape index (κ1) is 23.1. The zero-order chi connectivity index (χ0) is 20.5. The van der Waals surface area contributed by atoms with Gasteiger partial charge in [-0.15, -0.1) is 0 Å². The molecule has 8 heteroatoms. The van der Waals surface area contributed by atoms with Crippen LogP contribution in [-0.2, 0) is 13.1 Å². The first-order valence-corrected chi connectivity index (χ1v) is 11.8. The summed E-state index contributed by atoms with van der Waals surface area (Å²) in [6.45, 7) is 6.12. The molecule has 0 heterocycles. The third kappa shape index (κ3) is 6.69. The monoisotopic (exact) mass is 456 g/mol. The molecule has 0 aliphatic rings. The van der Waals surface area contributed by atoms with Gasteiger partial charge in [0, 0.05) is 37.3 Å². The van der Waals surface area contributed by atoms with E-state index in [2.05, 4.69) is 0 Å². The quantitative estimate of drug-likeness (QED) is 0.371. The van der Waals surface area contributed by atoms with Gasteiger partial charge in [0.25, 0.3) is 0 Å². The van der Waals surface area contributed by atoms with E-state index < -0.39 is 0 Å². The van der Waals surface area contributed by atoms with E-state index in [0.717, 1.165) is 0 Å². The van der Waals surface area contributed by atoms with Crippen LogP contribution in [0.1, 0.15) is 25.0 Å². The maximum atomic E-state index is 13.9. The summed E-state index contributed by atoms with van der Waals surface area (Å²) >= 11 is 11.0. The summed E-state index contributed by atoms with van der Waals surface area (Å²) < 4.78 is 29.1. The van der Waals surface area contributed by atoms with E-state index in [1.807, 2.05) is 35.8 Å². The summed E-state index contributed by atoms with van der Waals surface area (Å²) in [4.78, 5) is 3.86. The summed E-state index contributed by atoms with van der Waals surface area (Å²) in [6.07, 6.45) is 0. The number of hydrogen-bond donors (Lipinski definition) is 0. The lowest BCUT2D eigenvalue weighted by Gasteiger charge is -2.25. The largest absolute Gasteiger partial charge is 0.353 e. The fourth-order valence-corrected chi connectivity index (χ4v) is 5.25. The normalized spacial score (nSPS) is 10.6. The molecule has 0 saturated carbocycles. The van der Waals surface area contributed by atoms with Gasteiger partial charge in [-0.25, -0.2) is 8.78 Å². The average molecular weight is 457 g/mol. The van der Waals surface area contributed by atoms with Gasteiger partial charge in [0.1, 0.15) is 20.3 Å². The minimum atomic E-state index is -0.237. The van der Waals surface area contributed by atoms with E-state index in [1.165, 1.54) is 33.7 Å². The van der Waals surface area contributed by atoms with E-state index in [-0.39, 0.29) is 11.6 Å². The summed E-state index contributed by atoms with van der Waals surface area (Å²) in [5, 5.41) is 0. The Hall–Kier alpha value is -1.22. The molecule has 0 unspecified atom stereocenters. The predicted molar refractivity (Wildman–Crippen MR) is 125 cm³/mol. The molecule has 2 aromatic carbocycles. The molecule has 0 bridgehead atoms. The van der Waals surface area contributed by atoms with Crippen LogP contribution in [0, 0.1) is 11.6 Å². The number of halogens is 2. The van der Waals surface area contributed by atoms with Crippen molar-refractivity contribution in [2.75, 3.05) is 13.1 Å². The molecule has 0 spiro atoms. The van der Waals surface area contributed by atoms with Crippen LogP contribution >= 0.6 is 46.0 Å². The van der Waals surface area contributed by atoms with Crippen molar-refractivity contribution in [2.45, 2.75) is 26.9 Å². The van der Waals surface area contributed by atoms with Crippen LogP contribution in [-0.4, -0.2) is 31.5 Å². The van der Waals surface area contributed by atoms with Gasteiger partial charge in [-0.2, -0.15) is 0 Å². The minimum absolute atomic E-state index is 0.237. The van der Waals surface area contributed by atoms with Crippen molar-refractivity contribution in [3.05, 3.63) is 71.3 Å². The molecule has 0 radical (unpaired) electrons. The second-order valence-corrected chi connectivity index (χ2v) is 9.31. The first-order valence-electron chi connectivity index (χ1n) is 8.85. The molecule has 0 aliphatic heterocycles. The standard InChI is InChI=1S/C20H22F2N2S4/c1-3-23(13-15-9-5-7-11-17(15)21)19(25)27-28-20(26)24(4-2)14-16-10-6-8-12-18(16)22/h5-12H,3-4,13-14H2,1-2H3. The summed E-state index contributed by atoms with van der Waals surface area (Å²) in [5.41, 5.74) is 1.21. The van der Waals surface area contributed by atoms with Crippen LogP contribution < -0.4 is 0 Å². The molecule has 0 N–H and O–H groups in total. The SMILES string of the molecule is CCN(Cc1ccccc1F)C(=S)SSC(=S)N(CC)Cc1ccccc1F.